The summed E-state index contributed by atoms with van der Waals surface area (Å²) in [5, 5.41) is 15.3. The lowest BCUT2D eigenvalue weighted by Crippen LogP contribution is -2.27. The molecular formula is C33H33N3O3S2. The molecule has 41 heavy (non-hydrogen) atoms. The highest BCUT2D eigenvalue weighted by atomic mass is 32.2. The first-order valence-corrected chi connectivity index (χ1v) is 15.3. The van der Waals surface area contributed by atoms with Gasteiger partial charge in [-0.25, -0.2) is 4.99 Å². The van der Waals surface area contributed by atoms with Gasteiger partial charge < -0.3 is 5.32 Å². The Morgan fingerprint density at radius 2 is 1.83 bits per heavy atom. The van der Waals surface area contributed by atoms with Gasteiger partial charge in [-0.2, -0.15) is 0 Å². The molecule has 0 saturated heterocycles. The smallest absolute Gasteiger partial charge is 0.270 e. The minimum Gasteiger partial charge on any atom is -0.322 e. The van der Waals surface area contributed by atoms with Crippen molar-refractivity contribution >= 4 is 51.6 Å². The van der Waals surface area contributed by atoms with Crippen molar-refractivity contribution in [3.8, 4) is 0 Å². The van der Waals surface area contributed by atoms with Gasteiger partial charge in [0.05, 0.1) is 10.5 Å². The highest BCUT2D eigenvalue weighted by Gasteiger charge is 2.33. The number of carbonyl (C=O) groups excluding carboxylic acids is 1. The molecule has 5 rings (SSSR count). The van der Waals surface area contributed by atoms with Crippen molar-refractivity contribution in [2.24, 2.45) is 16.3 Å². The van der Waals surface area contributed by atoms with Gasteiger partial charge >= 0.3 is 0 Å². The summed E-state index contributed by atoms with van der Waals surface area (Å²) in [5.41, 5.74) is 4.38. The Morgan fingerprint density at radius 1 is 1.10 bits per heavy atom. The number of amides is 1. The van der Waals surface area contributed by atoms with Gasteiger partial charge in [-0.3, -0.25) is 14.9 Å². The second-order valence-corrected chi connectivity index (χ2v) is 13.7. The summed E-state index contributed by atoms with van der Waals surface area (Å²) in [7, 11) is 0. The molecule has 0 spiro atoms. The van der Waals surface area contributed by atoms with Crippen LogP contribution in [-0.4, -0.2) is 17.0 Å². The zero-order valence-electron chi connectivity index (χ0n) is 23.6. The number of aliphatic imine (C=N–C) groups is 1. The van der Waals surface area contributed by atoms with Gasteiger partial charge in [0.25, 0.3) is 11.6 Å². The molecule has 210 valence electrons. The zero-order chi connectivity index (χ0) is 29.1. The third-order valence-electron chi connectivity index (χ3n) is 7.50. The number of nitro benzene ring substituents is 1. The zero-order valence-corrected chi connectivity index (χ0v) is 25.3. The average Bonchev–Trinajstić information content (AvgIpc) is 3.31. The number of rotatable bonds is 7. The molecule has 0 unspecified atom stereocenters. The van der Waals surface area contributed by atoms with Crippen molar-refractivity contribution in [1.29, 1.82) is 0 Å². The molecular weight excluding hydrogens is 551 g/mol. The number of thiophene rings is 1. The monoisotopic (exact) mass is 583 g/mol. The number of non-ortho nitro benzene ring substituents is 1. The molecule has 0 radical (unpaired) electrons. The minimum atomic E-state index is -0.396. The summed E-state index contributed by atoms with van der Waals surface area (Å²) < 4.78 is 0. The van der Waals surface area contributed by atoms with Gasteiger partial charge in [0.2, 0.25) is 0 Å². The normalized spacial score (nSPS) is 15.1. The van der Waals surface area contributed by atoms with E-state index in [1.807, 2.05) is 61.5 Å². The average molecular weight is 584 g/mol. The third kappa shape index (κ3) is 6.77. The van der Waals surface area contributed by atoms with E-state index >= 15 is 0 Å². The number of hydrogen-bond donors (Lipinski definition) is 1. The number of aryl methyl sites for hydroxylation is 1. The van der Waals surface area contributed by atoms with Crippen molar-refractivity contribution in [3.63, 3.8) is 0 Å². The van der Waals surface area contributed by atoms with Gasteiger partial charge in [0.15, 0.2) is 0 Å². The SMILES string of the molecule is Cc1ccc(Sc2ccc([N+](=O)[O-])cc2C=Nc2sc3c(c2C(=O)Nc2ccccc2)CC[C@H](C(C)(C)C)C3)cc1. The first-order chi connectivity index (χ1) is 19.6. The van der Waals surface area contributed by atoms with Crippen molar-refractivity contribution in [2.75, 3.05) is 5.32 Å². The molecule has 1 aliphatic rings. The van der Waals surface area contributed by atoms with E-state index in [2.05, 4.69) is 26.1 Å². The van der Waals surface area contributed by atoms with E-state index in [-0.39, 0.29) is 17.0 Å². The maximum Gasteiger partial charge on any atom is 0.270 e. The number of hydrogen-bond acceptors (Lipinski definition) is 6. The Hall–Kier alpha value is -3.75. The molecule has 1 heterocycles. The number of nitrogens with zero attached hydrogens (tertiary/aromatic N) is 2. The van der Waals surface area contributed by atoms with Crippen molar-refractivity contribution in [3.05, 3.63) is 110 Å². The predicted octanol–water partition coefficient (Wildman–Crippen LogP) is 9.27. The molecule has 1 amide bonds. The summed E-state index contributed by atoms with van der Waals surface area (Å²) in [6, 6.07) is 22.4. The molecule has 1 N–H and O–H groups in total. The lowest BCUT2D eigenvalue weighted by atomic mass is 9.72. The largest absolute Gasteiger partial charge is 0.322 e. The van der Waals surface area contributed by atoms with Crippen LogP contribution in [-0.2, 0) is 12.8 Å². The quantitative estimate of drug-likeness (QED) is 0.133. The van der Waals surface area contributed by atoms with Gasteiger partial charge in [-0.05, 0) is 73.4 Å². The van der Waals surface area contributed by atoms with E-state index in [1.54, 1.807) is 29.7 Å². The van der Waals surface area contributed by atoms with Gasteiger partial charge in [-0.1, -0.05) is 68.4 Å². The molecule has 1 aliphatic carbocycles. The van der Waals surface area contributed by atoms with E-state index < -0.39 is 4.92 Å². The lowest BCUT2D eigenvalue weighted by molar-refractivity contribution is -0.384. The van der Waals surface area contributed by atoms with E-state index in [0.29, 0.717) is 22.0 Å². The van der Waals surface area contributed by atoms with E-state index in [4.69, 9.17) is 4.99 Å². The summed E-state index contributed by atoms with van der Waals surface area (Å²) >= 11 is 3.09. The third-order valence-corrected chi connectivity index (χ3v) is 9.77. The summed E-state index contributed by atoms with van der Waals surface area (Å²) in [6.07, 6.45) is 4.42. The maximum atomic E-state index is 13.7. The topological polar surface area (TPSA) is 84.6 Å². The Labute approximate surface area is 249 Å². The second-order valence-electron chi connectivity index (χ2n) is 11.5. The number of carbonyl (C=O) groups is 1. The number of anilines is 1. The second kappa shape index (κ2) is 12.0. The fourth-order valence-electron chi connectivity index (χ4n) is 5.06. The van der Waals surface area contributed by atoms with Gasteiger partial charge in [0, 0.05) is 44.3 Å². The summed E-state index contributed by atoms with van der Waals surface area (Å²) in [5.74, 6) is 0.341. The van der Waals surface area contributed by atoms with Crippen LogP contribution in [0.2, 0.25) is 0 Å². The van der Waals surface area contributed by atoms with Crippen LogP contribution in [0.1, 0.15) is 59.1 Å². The van der Waals surface area contributed by atoms with Crippen LogP contribution in [0.5, 0.6) is 0 Å². The van der Waals surface area contributed by atoms with Crippen LogP contribution in [0.25, 0.3) is 0 Å². The molecule has 0 aliphatic heterocycles. The number of benzene rings is 3. The molecule has 3 aromatic carbocycles. The lowest BCUT2D eigenvalue weighted by Gasteiger charge is -2.33. The van der Waals surface area contributed by atoms with Gasteiger partial charge in [-0.15, -0.1) is 11.3 Å². The summed E-state index contributed by atoms with van der Waals surface area (Å²) in [4.78, 5) is 32.8. The Morgan fingerprint density at radius 3 is 2.51 bits per heavy atom. The fraction of sp³-hybridized carbons (Fsp3) is 0.273. The van der Waals surface area contributed by atoms with E-state index in [1.165, 1.54) is 22.7 Å². The van der Waals surface area contributed by atoms with Crippen LogP contribution in [0, 0.1) is 28.4 Å². The molecule has 0 saturated carbocycles. The number of nitrogens with one attached hydrogen (secondary N) is 1. The first-order valence-electron chi connectivity index (χ1n) is 13.7. The summed E-state index contributed by atoms with van der Waals surface area (Å²) in [6.45, 7) is 8.85. The first kappa shape index (κ1) is 28.8. The van der Waals surface area contributed by atoms with Gasteiger partial charge in [0.1, 0.15) is 5.00 Å². The van der Waals surface area contributed by atoms with Crippen molar-refractivity contribution in [2.45, 2.75) is 56.7 Å². The van der Waals surface area contributed by atoms with Crippen molar-refractivity contribution < 1.29 is 9.72 Å². The molecule has 8 heteroatoms. The van der Waals surface area contributed by atoms with E-state index in [0.717, 1.165) is 45.9 Å². The highest BCUT2D eigenvalue weighted by Crippen LogP contribution is 2.45. The van der Waals surface area contributed by atoms with Crippen LogP contribution in [0.15, 0.2) is 87.6 Å². The molecule has 1 atom stereocenters. The van der Waals surface area contributed by atoms with Crippen LogP contribution < -0.4 is 5.32 Å². The molecule has 6 nitrogen and oxygen atoms in total. The number of fused-ring (bicyclic) bond motifs is 1. The molecule has 4 aromatic rings. The highest BCUT2D eigenvalue weighted by molar-refractivity contribution is 7.99. The minimum absolute atomic E-state index is 0.000225. The number of para-hydroxylation sites is 1. The van der Waals surface area contributed by atoms with Crippen LogP contribution >= 0.6 is 23.1 Å². The van der Waals surface area contributed by atoms with Crippen LogP contribution in [0.3, 0.4) is 0 Å². The number of nitro groups is 1. The predicted molar refractivity (Wildman–Crippen MR) is 169 cm³/mol. The molecule has 0 fully saturated rings. The Kier molecular flexibility index (Phi) is 8.42. The fourth-order valence-corrected chi connectivity index (χ4v) is 7.22. The maximum absolute atomic E-state index is 13.7. The Balaban J connectivity index is 1.54. The van der Waals surface area contributed by atoms with Crippen LogP contribution in [0.4, 0.5) is 16.4 Å². The molecule has 1 aromatic heterocycles. The van der Waals surface area contributed by atoms with Crippen molar-refractivity contribution in [1.82, 2.24) is 0 Å². The Bertz CT molecular complexity index is 1600. The molecule has 0 bridgehead atoms. The van der Waals surface area contributed by atoms with E-state index in [9.17, 15) is 14.9 Å². The standard InChI is InChI=1S/C33H33N3O3S2/c1-21-10-14-26(15-11-21)40-28-17-13-25(36(38)39)18-22(28)20-34-32-30(31(37)35-24-8-6-5-7-9-24)27-16-12-23(33(2,3)4)19-29(27)41-32/h5-11,13-15,17-18,20,23H,12,16,19H2,1-4H3,(H,35,37)/t23-/m0/s1.